The molecule has 4 aliphatic rings. The molecule has 22 heteroatoms. The van der Waals surface area contributed by atoms with E-state index in [1.807, 2.05) is 169 Å². The minimum Gasteiger partial charge on any atom is -0.348 e. The van der Waals surface area contributed by atoms with E-state index >= 15 is 0 Å². The minimum atomic E-state index is -0.236. The van der Waals surface area contributed by atoms with Gasteiger partial charge in [-0.25, -0.2) is 14.0 Å². The molecule has 3 atom stereocenters. The Hall–Kier alpha value is -8.08. The van der Waals surface area contributed by atoms with Gasteiger partial charge >= 0.3 is 0 Å². The Balaban J connectivity index is 0.000000147. The van der Waals surface area contributed by atoms with Gasteiger partial charge in [-0.05, 0) is 282 Å². The predicted molar refractivity (Wildman–Crippen MR) is 465 cm³/mol. The van der Waals surface area contributed by atoms with Crippen LogP contribution in [0.4, 0.5) is 0 Å². The van der Waals surface area contributed by atoms with Crippen LogP contribution in [0.3, 0.4) is 0 Å². The SMILES string of the molecule is CC(NC(=O)c1nn(-c2ccc(Cl)cc2Cl)c2c1CCCC/C2=C\c1ccc(Cl)cc1)c1ccc(Cl)cc1.C[C@H](NC(=O)c1nn(-c2ccc(Cl)cc2Cl)c2c1CCCC/C2=C\c1ccc(Cl)cc1)C1CCCCC1.C[C@H](NC(=O)c1nn(-c2ccc(Cl)cc2Cl)c2c1CCCC/C2=C\c1ccc(Cl)cc1)c1ccccc1. The largest absolute Gasteiger partial charge is 0.348 e. The third kappa shape index (κ3) is 20.0. The van der Waals surface area contributed by atoms with Crippen LogP contribution < -0.4 is 16.0 Å². The fourth-order valence-electron chi connectivity index (χ4n) is 15.2. The van der Waals surface area contributed by atoms with Gasteiger partial charge in [-0.15, -0.1) is 0 Å². The second-order valence-corrected chi connectivity index (χ2v) is 33.1. The summed E-state index contributed by atoms with van der Waals surface area (Å²) in [6.45, 7) is 6.05. The molecule has 8 aromatic carbocycles. The van der Waals surface area contributed by atoms with Gasteiger partial charge < -0.3 is 16.0 Å². The number of fused-ring (bicyclic) bond motifs is 3. The highest BCUT2D eigenvalue weighted by Gasteiger charge is 2.34. The molecule has 0 aliphatic heterocycles. The van der Waals surface area contributed by atoms with Crippen molar-refractivity contribution in [3.05, 3.63) is 311 Å². The van der Waals surface area contributed by atoms with Gasteiger partial charge in [0.2, 0.25) is 0 Å². The van der Waals surface area contributed by atoms with Crippen molar-refractivity contribution in [2.45, 2.75) is 148 Å². The Morgan fingerprint density at radius 2 is 0.643 bits per heavy atom. The lowest BCUT2D eigenvalue weighted by atomic mass is 9.84. The first-order chi connectivity index (χ1) is 54.1. The smallest absolute Gasteiger partial charge is 0.272 e. The number of aromatic nitrogens is 6. The van der Waals surface area contributed by atoms with Crippen LogP contribution in [0.25, 0.3) is 52.0 Å². The van der Waals surface area contributed by atoms with Crippen LogP contribution in [-0.4, -0.2) is 53.1 Å². The maximum atomic E-state index is 13.7. The third-order valence-corrected chi connectivity index (χ3v) is 23.6. The highest BCUT2D eigenvalue weighted by atomic mass is 35.5. The Labute approximate surface area is 704 Å². The third-order valence-electron chi connectivity index (χ3n) is 21.0. The molecule has 112 heavy (non-hydrogen) atoms. The van der Waals surface area contributed by atoms with E-state index in [9.17, 15) is 14.4 Å². The molecule has 576 valence electrons. The van der Waals surface area contributed by atoms with Crippen LogP contribution in [0.2, 0.25) is 50.2 Å². The lowest BCUT2D eigenvalue weighted by Gasteiger charge is -2.28. The molecule has 0 bridgehead atoms. The molecular formula is C90H83Cl10N9O3. The molecule has 3 heterocycles. The van der Waals surface area contributed by atoms with Gasteiger partial charge in [0, 0.05) is 57.9 Å². The molecule has 0 radical (unpaired) electrons. The first kappa shape index (κ1) is 81.9. The number of hydrogen-bond acceptors (Lipinski definition) is 6. The number of hydrogen-bond donors (Lipinski definition) is 3. The second kappa shape index (κ2) is 37.9. The Morgan fingerprint density at radius 3 is 0.973 bits per heavy atom. The van der Waals surface area contributed by atoms with Gasteiger partial charge in [-0.2, -0.15) is 15.3 Å². The summed E-state index contributed by atoms with van der Waals surface area (Å²) in [5.41, 5.74) is 17.4. The molecule has 1 unspecified atom stereocenters. The molecule has 12 nitrogen and oxygen atoms in total. The van der Waals surface area contributed by atoms with Crippen molar-refractivity contribution >= 4 is 169 Å². The maximum Gasteiger partial charge on any atom is 0.272 e. The first-order valence-corrected chi connectivity index (χ1v) is 41.7. The summed E-state index contributed by atoms with van der Waals surface area (Å²) in [5.74, 6) is -0.0279. The molecule has 0 saturated heterocycles. The zero-order valence-corrected chi connectivity index (χ0v) is 69.6. The lowest BCUT2D eigenvalue weighted by Crippen LogP contribution is -2.39. The number of amides is 3. The number of nitrogens with one attached hydrogen (secondary N) is 3. The van der Waals surface area contributed by atoms with Crippen LogP contribution in [0, 0.1) is 5.92 Å². The van der Waals surface area contributed by atoms with Gasteiger partial charge in [0.25, 0.3) is 17.7 Å². The lowest BCUT2D eigenvalue weighted by molar-refractivity contribution is 0.0908. The van der Waals surface area contributed by atoms with Gasteiger partial charge in [-0.1, -0.05) is 214 Å². The van der Waals surface area contributed by atoms with E-state index in [4.69, 9.17) is 131 Å². The standard InChI is InChI=1S/C30H25Cl4N3O.C30H32Cl3N3O.C30H26Cl3N3O/c1-18(20-8-12-23(32)13-9-20)35-30(38)28-25-5-3-2-4-21(16-19-6-10-22(31)11-7-19)29(25)37(36-28)27-15-14-24(33)17-26(27)34;2*1-19(21-7-3-2-4-8-21)34-30(37)28-25-10-6-5-9-22(17-20-11-13-23(31)14-12-20)29(25)36(35-28)27-16-15-24(32)18-26(27)33/h6-18H,2-5H2,1H3,(H,35,38);11-19,21H,2-10H2,1H3,(H,34,37);2-4,7-8,11-19H,5-6,9-10H2,1H3,(H,34,37)/b21-16+;2*22-17+/t;2*19-/m.00/s1. The van der Waals surface area contributed by atoms with E-state index in [1.165, 1.54) is 32.1 Å². The zero-order valence-electron chi connectivity index (χ0n) is 62.1. The molecule has 3 N–H and O–H groups in total. The zero-order chi connectivity index (χ0) is 78.7. The van der Waals surface area contributed by atoms with E-state index < -0.39 is 0 Å². The number of benzene rings is 8. The molecule has 3 amide bonds. The summed E-state index contributed by atoms with van der Waals surface area (Å²) in [4.78, 5) is 41.0. The highest BCUT2D eigenvalue weighted by Crippen LogP contribution is 2.42. The van der Waals surface area contributed by atoms with Crippen LogP contribution in [0.5, 0.6) is 0 Å². The minimum absolute atomic E-state index is 0.106. The number of allylic oxidation sites excluding steroid dienone is 3. The van der Waals surface area contributed by atoms with Crippen molar-refractivity contribution in [1.29, 1.82) is 0 Å². The summed E-state index contributed by atoms with van der Waals surface area (Å²) in [7, 11) is 0. The first-order valence-electron chi connectivity index (χ1n) is 38.0. The molecule has 4 aliphatic carbocycles. The second-order valence-electron chi connectivity index (χ2n) is 28.8. The van der Waals surface area contributed by atoms with Crippen LogP contribution in [0.15, 0.2) is 182 Å². The highest BCUT2D eigenvalue weighted by molar-refractivity contribution is 6.37. The molecule has 1 saturated carbocycles. The summed E-state index contributed by atoms with van der Waals surface area (Å²) in [6.07, 6.45) is 23.3. The summed E-state index contributed by atoms with van der Waals surface area (Å²) < 4.78 is 5.45. The average molecular weight is 1690 g/mol. The summed E-state index contributed by atoms with van der Waals surface area (Å²) in [6, 6.07) is 56.4. The van der Waals surface area contributed by atoms with E-state index in [1.54, 1.807) is 41.1 Å². The van der Waals surface area contributed by atoms with Crippen LogP contribution in [0.1, 0.15) is 216 Å². The number of carbonyl (C=O) groups excluding carboxylic acids is 3. The summed E-state index contributed by atoms with van der Waals surface area (Å²) in [5, 5.41) is 30.0. The normalized spacial score (nSPS) is 16.2. The molecule has 11 aromatic rings. The number of carbonyl (C=O) groups is 3. The van der Waals surface area contributed by atoms with Crippen molar-refractivity contribution in [2.24, 2.45) is 5.92 Å². The molecular weight excluding hydrogens is 1610 g/mol. The monoisotopic (exact) mass is 1690 g/mol. The number of rotatable bonds is 15. The fourth-order valence-corrected chi connectivity index (χ4v) is 17.2. The Morgan fingerprint density at radius 1 is 0.348 bits per heavy atom. The Kier molecular flexibility index (Phi) is 27.7. The molecule has 3 aromatic heterocycles. The van der Waals surface area contributed by atoms with Crippen molar-refractivity contribution in [1.82, 2.24) is 45.3 Å². The van der Waals surface area contributed by atoms with Crippen molar-refractivity contribution in [2.75, 3.05) is 0 Å². The number of nitrogens with zero attached hydrogens (tertiary/aromatic N) is 6. The predicted octanol–water partition coefficient (Wildman–Crippen LogP) is 26.6. The quantitative estimate of drug-likeness (QED) is 0.0873. The van der Waals surface area contributed by atoms with E-state index in [2.05, 4.69) is 41.1 Å². The fraction of sp³-hybridized carbons (Fsp3) is 0.267. The van der Waals surface area contributed by atoms with E-state index in [-0.39, 0.29) is 35.8 Å². The van der Waals surface area contributed by atoms with Gasteiger partial charge in [0.05, 0.1) is 61.3 Å². The molecule has 1 fully saturated rings. The molecule has 0 spiro atoms. The van der Waals surface area contributed by atoms with E-state index in [0.29, 0.717) is 90.3 Å². The topological polar surface area (TPSA) is 141 Å². The number of halogens is 10. The van der Waals surface area contributed by atoms with Crippen molar-refractivity contribution < 1.29 is 14.4 Å². The molecule has 15 rings (SSSR count). The van der Waals surface area contributed by atoms with Gasteiger partial charge in [-0.3, -0.25) is 14.4 Å². The van der Waals surface area contributed by atoms with Gasteiger partial charge in [0.1, 0.15) is 0 Å². The van der Waals surface area contributed by atoms with Crippen molar-refractivity contribution in [3.8, 4) is 17.1 Å². The average Bonchev–Trinajstić information content (AvgIpc) is 1.62. The van der Waals surface area contributed by atoms with Crippen LogP contribution in [-0.2, 0) is 19.3 Å². The maximum absolute atomic E-state index is 13.7. The van der Waals surface area contributed by atoms with E-state index in [0.717, 1.165) is 155 Å². The Bertz CT molecular complexity index is 5320. The van der Waals surface area contributed by atoms with Crippen LogP contribution >= 0.6 is 116 Å². The van der Waals surface area contributed by atoms with Crippen molar-refractivity contribution in [3.63, 3.8) is 0 Å². The summed E-state index contributed by atoms with van der Waals surface area (Å²) >= 11 is 63.0. The van der Waals surface area contributed by atoms with Gasteiger partial charge in [0.15, 0.2) is 17.1 Å².